The molecule has 0 aliphatic rings. The Bertz CT molecular complexity index is 385. The van der Waals surface area contributed by atoms with Crippen LogP contribution in [0, 0.1) is 0 Å². The third kappa shape index (κ3) is 3.61. The van der Waals surface area contributed by atoms with Gasteiger partial charge in [0.05, 0.1) is 20.8 Å². The molecule has 1 rings (SSSR count). The van der Waals surface area contributed by atoms with Crippen LogP contribution in [0.1, 0.15) is 0 Å². The lowest BCUT2D eigenvalue weighted by atomic mass is 10.2. The van der Waals surface area contributed by atoms with Gasteiger partial charge in [-0.05, 0) is 23.0 Å². The van der Waals surface area contributed by atoms with Crippen LogP contribution in [0.15, 0.2) is 16.6 Å². The molecule has 0 aliphatic carbocycles. The van der Waals surface area contributed by atoms with E-state index in [9.17, 15) is 4.79 Å². The summed E-state index contributed by atoms with van der Waals surface area (Å²) >= 11 is 3.36. The largest absolute Gasteiger partial charge is 0.495 e. The van der Waals surface area contributed by atoms with Gasteiger partial charge in [-0.15, -0.1) is 0 Å². The summed E-state index contributed by atoms with van der Waals surface area (Å²) in [5.74, 6) is 1.08. The fourth-order valence-corrected chi connectivity index (χ4v) is 1.86. The standard InChI is InChI=1S/C11H15BrN2O3/c1-13-6-10(15)14-7-4-8(16-2)11(12)9(5-7)17-3/h4-5,13H,6H2,1-3H3,(H,14,15). The van der Waals surface area contributed by atoms with Crippen LogP contribution in [0.5, 0.6) is 11.5 Å². The molecule has 1 aromatic rings. The van der Waals surface area contributed by atoms with E-state index in [1.54, 1.807) is 33.4 Å². The third-order valence-electron chi connectivity index (χ3n) is 2.07. The molecule has 0 atom stereocenters. The Morgan fingerprint density at radius 3 is 2.24 bits per heavy atom. The highest BCUT2D eigenvalue weighted by Crippen LogP contribution is 2.37. The molecule has 0 aromatic heterocycles. The van der Waals surface area contributed by atoms with Crippen molar-refractivity contribution in [1.82, 2.24) is 5.32 Å². The Morgan fingerprint density at radius 2 is 1.82 bits per heavy atom. The van der Waals surface area contributed by atoms with E-state index in [1.807, 2.05) is 0 Å². The second kappa shape index (κ2) is 6.46. The summed E-state index contributed by atoms with van der Waals surface area (Å²) in [6.45, 7) is 0.251. The quantitative estimate of drug-likeness (QED) is 0.868. The van der Waals surface area contributed by atoms with Crippen LogP contribution in [0.4, 0.5) is 5.69 Å². The molecule has 1 amide bonds. The minimum Gasteiger partial charge on any atom is -0.495 e. The summed E-state index contributed by atoms with van der Waals surface area (Å²) in [4.78, 5) is 11.4. The molecule has 0 spiro atoms. The molecule has 0 fully saturated rings. The fourth-order valence-electron chi connectivity index (χ4n) is 1.31. The van der Waals surface area contributed by atoms with Gasteiger partial charge in [-0.3, -0.25) is 4.79 Å². The van der Waals surface area contributed by atoms with Gasteiger partial charge in [0.1, 0.15) is 16.0 Å². The van der Waals surface area contributed by atoms with Gasteiger partial charge >= 0.3 is 0 Å². The zero-order valence-corrected chi connectivity index (χ0v) is 11.6. The lowest BCUT2D eigenvalue weighted by Gasteiger charge is -2.12. The van der Waals surface area contributed by atoms with Crippen LogP contribution < -0.4 is 20.1 Å². The van der Waals surface area contributed by atoms with E-state index >= 15 is 0 Å². The topological polar surface area (TPSA) is 59.6 Å². The summed E-state index contributed by atoms with van der Waals surface area (Å²) in [5.41, 5.74) is 0.627. The lowest BCUT2D eigenvalue weighted by Crippen LogP contribution is -2.25. The molecule has 17 heavy (non-hydrogen) atoms. The van der Waals surface area contributed by atoms with Gasteiger partial charge in [-0.1, -0.05) is 0 Å². The minimum absolute atomic E-state index is 0.126. The molecule has 94 valence electrons. The first-order chi connectivity index (χ1) is 8.12. The van der Waals surface area contributed by atoms with Crippen LogP contribution in [0.2, 0.25) is 0 Å². The first-order valence-corrected chi connectivity index (χ1v) is 5.77. The smallest absolute Gasteiger partial charge is 0.238 e. The number of nitrogens with one attached hydrogen (secondary N) is 2. The van der Waals surface area contributed by atoms with Gasteiger partial charge in [-0.2, -0.15) is 0 Å². The second-order valence-corrected chi connectivity index (χ2v) is 4.07. The highest BCUT2D eigenvalue weighted by Gasteiger charge is 2.11. The number of amides is 1. The number of rotatable bonds is 5. The maximum Gasteiger partial charge on any atom is 0.238 e. The van der Waals surface area contributed by atoms with Crippen LogP contribution in [0.25, 0.3) is 0 Å². The zero-order chi connectivity index (χ0) is 12.8. The Hall–Kier alpha value is -1.27. The van der Waals surface area contributed by atoms with Crippen molar-refractivity contribution in [2.75, 3.05) is 33.1 Å². The van der Waals surface area contributed by atoms with Crippen molar-refractivity contribution in [3.8, 4) is 11.5 Å². The number of hydrogen-bond donors (Lipinski definition) is 2. The number of likely N-dealkylation sites (N-methyl/N-ethyl adjacent to an activating group) is 1. The number of benzene rings is 1. The van der Waals surface area contributed by atoms with Crippen molar-refractivity contribution in [2.24, 2.45) is 0 Å². The maximum atomic E-state index is 11.4. The van der Waals surface area contributed by atoms with E-state index in [0.29, 0.717) is 21.7 Å². The Morgan fingerprint density at radius 1 is 1.29 bits per heavy atom. The first kappa shape index (κ1) is 13.8. The van der Waals surface area contributed by atoms with E-state index < -0.39 is 0 Å². The molecule has 0 saturated carbocycles. The summed E-state index contributed by atoms with van der Waals surface area (Å²) in [7, 11) is 4.82. The minimum atomic E-state index is -0.126. The third-order valence-corrected chi connectivity index (χ3v) is 2.85. The molecule has 0 saturated heterocycles. The lowest BCUT2D eigenvalue weighted by molar-refractivity contribution is -0.115. The van der Waals surface area contributed by atoms with Crippen molar-refractivity contribution >= 4 is 27.5 Å². The number of carbonyl (C=O) groups is 1. The highest BCUT2D eigenvalue weighted by molar-refractivity contribution is 9.10. The predicted octanol–water partition coefficient (Wildman–Crippen LogP) is 1.62. The Kier molecular flexibility index (Phi) is 5.24. The summed E-state index contributed by atoms with van der Waals surface area (Å²) in [6, 6.07) is 3.44. The number of carbonyl (C=O) groups excluding carboxylic acids is 1. The molecule has 1 aromatic carbocycles. The van der Waals surface area contributed by atoms with Gasteiger partial charge < -0.3 is 20.1 Å². The van der Waals surface area contributed by atoms with E-state index in [2.05, 4.69) is 26.6 Å². The van der Waals surface area contributed by atoms with E-state index in [1.165, 1.54) is 0 Å². The van der Waals surface area contributed by atoms with Crippen LogP contribution in [-0.4, -0.2) is 33.7 Å². The summed E-state index contributed by atoms with van der Waals surface area (Å²) in [6.07, 6.45) is 0. The molecule has 0 aliphatic heterocycles. The molecule has 6 heteroatoms. The number of methoxy groups -OCH3 is 2. The highest BCUT2D eigenvalue weighted by atomic mass is 79.9. The molecule has 0 bridgehead atoms. The van der Waals surface area contributed by atoms with Crippen molar-refractivity contribution in [2.45, 2.75) is 0 Å². The average Bonchev–Trinajstić information content (AvgIpc) is 2.31. The monoisotopic (exact) mass is 302 g/mol. The number of ether oxygens (including phenoxy) is 2. The van der Waals surface area contributed by atoms with Crippen molar-refractivity contribution in [3.63, 3.8) is 0 Å². The van der Waals surface area contributed by atoms with Gasteiger partial charge in [0.2, 0.25) is 5.91 Å². The molecule has 0 unspecified atom stereocenters. The molecule has 0 heterocycles. The van der Waals surface area contributed by atoms with E-state index in [-0.39, 0.29) is 12.5 Å². The predicted molar refractivity (Wildman–Crippen MR) is 69.8 cm³/mol. The maximum absolute atomic E-state index is 11.4. The van der Waals surface area contributed by atoms with Gasteiger partial charge in [0, 0.05) is 17.8 Å². The summed E-state index contributed by atoms with van der Waals surface area (Å²) < 4.78 is 11.1. The molecule has 5 nitrogen and oxygen atoms in total. The van der Waals surface area contributed by atoms with E-state index in [0.717, 1.165) is 0 Å². The SMILES string of the molecule is CNCC(=O)Nc1cc(OC)c(Br)c(OC)c1. The number of hydrogen-bond acceptors (Lipinski definition) is 4. The number of anilines is 1. The number of halogens is 1. The average molecular weight is 303 g/mol. The Balaban J connectivity index is 2.96. The van der Waals surface area contributed by atoms with Crippen molar-refractivity contribution in [1.29, 1.82) is 0 Å². The molecule has 2 N–H and O–H groups in total. The van der Waals surface area contributed by atoms with Gasteiger partial charge in [0.25, 0.3) is 0 Å². The normalized spacial score (nSPS) is 9.88. The zero-order valence-electron chi connectivity index (χ0n) is 9.96. The molecular weight excluding hydrogens is 288 g/mol. The van der Waals surface area contributed by atoms with E-state index in [4.69, 9.17) is 9.47 Å². The second-order valence-electron chi connectivity index (χ2n) is 3.27. The van der Waals surface area contributed by atoms with Crippen LogP contribution >= 0.6 is 15.9 Å². The molecule has 0 radical (unpaired) electrons. The van der Waals surface area contributed by atoms with Gasteiger partial charge in [0.15, 0.2) is 0 Å². The fraction of sp³-hybridized carbons (Fsp3) is 0.364. The molecular formula is C11H15BrN2O3. The van der Waals surface area contributed by atoms with Crippen molar-refractivity contribution < 1.29 is 14.3 Å². The Labute approximate surface area is 109 Å². The van der Waals surface area contributed by atoms with Crippen molar-refractivity contribution in [3.05, 3.63) is 16.6 Å². The van der Waals surface area contributed by atoms with Crippen LogP contribution in [0.3, 0.4) is 0 Å². The van der Waals surface area contributed by atoms with Crippen LogP contribution in [-0.2, 0) is 4.79 Å². The summed E-state index contributed by atoms with van der Waals surface area (Å²) in [5, 5.41) is 5.51. The first-order valence-electron chi connectivity index (χ1n) is 4.98. The van der Waals surface area contributed by atoms with Gasteiger partial charge in [-0.25, -0.2) is 0 Å².